The van der Waals surface area contributed by atoms with Crippen LogP contribution in [0.4, 0.5) is 9.59 Å². The molecule has 1 aromatic rings. The molecule has 0 spiro atoms. The van der Waals surface area contributed by atoms with Crippen LogP contribution in [0.3, 0.4) is 0 Å². The highest BCUT2D eigenvalue weighted by molar-refractivity contribution is 5.72. The van der Waals surface area contributed by atoms with Gasteiger partial charge in [-0.1, -0.05) is 30.3 Å². The van der Waals surface area contributed by atoms with Crippen molar-refractivity contribution in [2.24, 2.45) is 0 Å². The average molecular weight is 304 g/mol. The Balaban J connectivity index is 1.55. The van der Waals surface area contributed by atoms with Crippen LogP contribution in [0.15, 0.2) is 30.3 Å². The van der Waals surface area contributed by atoms with E-state index in [4.69, 9.17) is 9.47 Å². The van der Waals surface area contributed by atoms with Gasteiger partial charge in [0.2, 0.25) is 0 Å². The third kappa shape index (κ3) is 3.00. The predicted molar refractivity (Wildman–Crippen MR) is 79.2 cm³/mol. The second kappa shape index (κ2) is 5.87. The van der Waals surface area contributed by atoms with Crippen molar-refractivity contribution < 1.29 is 19.1 Å². The molecule has 2 unspecified atom stereocenters. The van der Waals surface area contributed by atoms with Gasteiger partial charge in [-0.2, -0.15) is 0 Å². The number of ether oxygens (including phenoxy) is 2. The van der Waals surface area contributed by atoms with Crippen LogP contribution >= 0.6 is 0 Å². The zero-order valence-electron chi connectivity index (χ0n) is 12.6. The number of alkyl carbamates (subject to hydrolysis) is 1. The van der Waals surface area contributed by atoms with E-state index in [0.29, 0.717) is 25.9 Å². The summed E-state index contributed by atoms with van der Waals surface area (Å²) in [6, 6.07) is 9.59. The molecular formula is C16H20N2O4. The molecule has 2 amide bonds. The Morgan fingerprint density at radius 2 is 2.18 bits per heavy atom. The van der Waals surface area contributed by atoms with E-state index in [-0.39, 0.29) is 24.9 Å². The third-order valence-corrected chi connectivity index (χ3v) is 4.37. The van der Waals surface area contributed by atoms with Crippen LogP contribution in [-0.4, -0.2) is 41.8 Å². The summed E-state index contributed by atoms with van der Waals surface area (Å²) >= 11 is 0. The van der Waals surface area contributed by atoms with Crippen molar-refractivity contribution in [1.82, 2.24) is 10.2 Å². The third-order valence-electron chi connectivity index (χ3n) is 4.37. The fourth-order valence-corrected chi connectivity index (χ4v) is 2.95. The first-order valence-electron chi connectivity index (χ1n) is 7.51. The number of nitrogens with one attached hydrogen (secondary N) is 1. The summed E-state index contributed by atoms with van der Waals surface area (Å²) in [5, 5.41) is 2.85. The van der Waals surface area contributed by atoms with E-state index in [0.717, 1.165) is 5.56 Å². The van der Waals surface area contributed by atoms with Gasteiger partial charge in [0.05, 0.1) is 5.54 Å². The van der Waals surface area contributed by atoms with Crippen molar-refractivity contribution in [2.45, 2.75) is 38.0 Å². The predicted octanol–water partition coefficient (Wildman–Crippen LogP) is 2.29. The summed E-state index contributed by atoms with van der Waals surface area (Å²) in [7, 11) is 0. The van der Waals surface area contributed by atoms with Gasteiger partial charge in [-0.15, -0.1) is 0 Å². The molecule has 0 bridgehead atoms. The van der Waals surface area contributed by atoms with Gasteiger partial charge in [0.15, 0.2) is 0 Å². The highest BCUT2D eigenvalue weighted by Crippen LogP contribution is 2.30. The lowest BCUT2D eigenvalue weighted by atomic mass is 9.91. The summed E-state index contributed by atoms with van der Waals surface area (Å²) in [4.78, 5) is 25.2. The second-order valence-corrected chi connectivity index (χ2v) is 6.00. The van der Waals surface area contributed by atoms with E-state index in [1.165, 1.54) is 0 Å². The molecule has 0 aliphatic carbocycles. The molecule has 0 aromatic heterocycles. The lowest BCUT2D eigenvalue weighted by molar-refractivity contribution is 0.0924. The number of likely N-dealkylation sites (tertiary alicyclic amines) is 1. The Bertz CT molecular complexity index is 563. The number of benzene rings is 1. The molecule has 118 valence electrons. The zero-order chi connectivity index (χ0) is 15.6. The summed E-state index contributed by atoms with van der Waals surface area (Å²) in [6.45, 7) is 3.30. The first-order chi connectivity index (χ1) is 10.6. The van der Waals surface area contributed by atoms with Gasteiger partial charge >= 0.3 is 12.2 Å². The molecule has 1 aromatic carbocycles. The maximum atomic E-state index is 12.2. The van der Waals surface area contributed by atoms with Crippen LogP contribution in [-0.2, 0) is 16.1 Å². The van der Waals surface area contributed by atoms with Gasteiger partial charge in [0.1, 0.15) is 12.7 Å². The van der Waals surface area contributed by atoms with Crippen molar-refractivity contribution in [2.75, 3.05) is 13.1 Å². The minimum Gasteiger partial charge on any atom is -0.445 e. The van der Waals surface area contributed by atoms with Crippen molar-refractivity contribution in [1.29, 1.82) is 0 Å². The van der Waals surface area contributed by atoms with Crippen LogP contribution in [0, 0.1) is 0 Å². The summed E-state index contributed by atoms with van der Waals surface area (Å²) in [5.41, 5.74) is 0.566. The molecule has 0 radical (unpaired) electrons. The van der Waals surface area contributed by atoms with Crippen LogP contribution < -0.4 is 5.32 Å². The molecule has 2 heterocycles. The van der Waals surface area contributed by atoms with Crippen molar-refractivity contribution >= 4 is 12.2 Å². The van der Waals surface area contributed by atoms with Crippen LogP contribution in [0.25, 0.3) is 0 Å². The normalized spacial score (nSPS) is 27.4. The number of nitrogens with zero attached hydrogens (tertiary/aromatic N) is 1. The molecule has 0 saturated carbocycles. The molecule has 2 fully saturated rings. The van der Waals surface area contributed by atoms with Crippen molar-refractivity contribution in [3.8, 4) is 0 Å². The van der Waals surface area contributed by atoms with E-state index < -0.39 is 5.54 Å². The molecule has 2 aliphatic heterocycles. The minimum absolute atomic E-state index is 0.188. The highest BCUT2D eigenvalue weighted by atomic mass is 16.6. The Kier molecular flexibility index (Phi) is 3.92. The van der Waals surface area contributed by atoms with Gasteiger partial charge in [0.25, 0.3) is 0 Å². The van der Waals surface area contributed by atoms with Crippen LogP contribution in [0.1, 0.15) is 25.3 Å². The number of carbonyl (C=O) groups excluding carboxylic acids is 2. The largest absolute Gasteiger partial charge is 0.445 e. The second-order valence-electron chi connectivity index (χ2n) is 6.00. The van der Waals surface area contributed by atoms with Gasteiger partial charge in [0, 0.05) is 19.5 Å². The number of fused-ring (bicyclic) bond motifs is 1. The summed E-state index contributed by atoms with van der Waals surface area (Å²) in [6.07, 6.45) is 0.401. The van der Waals surface area contributed by atoms with E-state index in [1.807, 2.05) is 37.3 Å². The molecule has 2 atom stereocenters. The Morgan fingerprint density at radius 3 is 2.95 bits per heavy atom. The topological polar surface area (TPSA) is 67.9 Å². The first kappa shape index (κ1) is 14.7. The lowest BCUT2D eigenvalue weighted by Gasteiger charge is -2.25. The molecule has 6 heteroatoms. The standard InChI is InChI=1S/C16H20N2O4/c1-16-8-10-18(9-7-13(16)22-14(19)17-16)15(20)21-11-12-5-3-2-4-6-12/h2-6,13H,7-11H2,1H3,(H,17,19). The fraction of sp³-hybridized carbons (Fsp3) is 0.500. The van der Waals surface area contributed by atoms with Crippen molar-refractivity contribution in [3.63, 3.8) is 0 Å². The Morgan fingerprint density at radius 1 is 1.41 bits per heavy atom. The van der Waals surface area contributed by atoms with Gasteiger partial charge in [-0.05, 0) is 18.9 Å². The Labute approximate surface area is 129 Å². The highest BCUT2D eigenvalue weighted by Gasteiger charge is 2.46. The lowest BCUT2D eigenvalue weighted by Crippen LogP contribution is -2.45. The van der Waals surface area contributed by atoms with E-state index in [2.05, 4.69) is 5.32 Å². The molecule has 22 heavy (non-hydrogen) atoms. The molecule has 6 nitrogen and oxygen atoms in total. The number of rotatable bonds is 2. The number of hydrogen-bond acceptors (Lipinski definition) is 4. The minimum atomic E-state index is -0.397. The fourth-order valence-electron chi connectivity index (χ4n) is 2.95. The maximum Gasteiger partial charge on any atom is 0.410 e. The number of amides is 2. The molecular weight excluding hydrogens is 284 g/mol. The number of carbonyl (C=O) groups is 2. The average Bonchev–Trinajstić information content (AvgIpc) is 2.70. The van der Waals surface area contributed by atoms with Gasteiger partial charge < -0.3 is 19.7 Å². The zero-order valence-corrected chi connectivity index (χ0v) is 12.6. The number of hydrogen-bond donors (Lipinski definition) is 1. The molecule has 3 rings (SSSR count). The maximum absolute atomic E-state index is 12.2. The van der Waals surface area contributed by atoms with Gasteiger partial charge in [-0.25, -0.2) is 9.59 Å². The molecule has 2 aliphatic rings. The van der Waals surface area contributed by atoms with E-state index in [1.54, 1.807) is 4.90 Å². The van der Waals surface area contributed by atoms with Gasteiger partial charge in [-0.3, -0.25) is 0 Å². The molecule has 1 N–H and O–H groups in total. The van der Waals surface area contributed by atoms with Crippen LogP contribution in [0.2, 0.25) is 0 Å². The van der Waals surface area contributed by atoms with Crippen LogP contribution in [0.5, 0.6) is 0 Å². The SMILES string of the molecule is CC12CCN(C(=O)OCc3ccccc3)CCC1OC(=O)N2. The summed E-state index contributed by atoms with van der Waals surface area (Å²) < 4.78 is 10.6. The monoisotopic (exact) mass is 304 g/mol. The van der Waals surface area contributed by atoms with E-state index >= 15 is 0 Å². The van der Waals surface area contributed by atoms with Crippen molar-refractivity contribution in [3.05, 3.63) is 35.9 Å². The van der Waals surface area contributed by atoms with E-state index in [9.17, 15) is 9.59 Å². The summed E-state index contributed by atoms with van der Waals surface area (Å²) in [5.74, 6) is 0. The first-order valence-corrected chi connectivity index (χ1v) is 7.51. The Hall–Kier alpha value is -2.24. The smallest absolute Gasteiger partial charge is 0.410 e. The quantitative estimate of drug-likeness (QED) is 0.910. The molecule has 2 saturated heterocycles.